The first-order valence-corrected chi connectivity index (χ1v) is 6.15. The molecule has 0 radical (unpaired) electrons. The van der Waals surface area contributed by atoms with Crippen LogP contribution < -0.4 is 0 Å². The van der Waals surface area contributed by atoms with Crippen LogP contribution in [-0.2, 0) is 4.79 Å². The van der Waals surface area contributed by atoms with Crippen molar-refractivity contribution in [3.63, 3.8) is 0 Å². The summed E-state index contributed by atoms with van der Waals surface area (Å²) in [6, 6.07) is 4.20. The van der Waals surface area contributed by atoms with Gasteiger partial charge in [0.2, 0.25) is 0 Å². The maximum Gasteiger partial charge on any atom is 0.311 e. The minimum atomic E-state index is -0.848. The Hall–Kier alpha value is -1.09. The molecule has 4 heteroatoms. The Balaban J connectivity index is 2.31. The van der Waals surface area contributed by atoms with Crippen LogP contribution in [0.5, 0.6) is 0 Å². The smallest absolute Gasteiger partial charge is 0.311 e. The molecule has 0 saturated heterocycles. The maximum atomic E-state index is 13.1. The van der Waals surface area contributed by atoms with Crippen molar-refractivity contribution >= 4 is 17.6 Å². The number of hydrogen-bond donors (Lipinski definition) is 1. The summed E-state index contributed by atoms with van der Waals surface area (Å²) in [5, 5.41) is 9.30. The summed E-state index contributed by atoms with van der Waals surface area (Å²) in [7, 11) is 0. The van der Waals surface area contributed by atoms with Gasteiger partial charge in [0.15, 0.2) is 0 Å². The highest BCUT2D eigenvalue weighted by Crippen LogP contribution is 2.38. The lowest BCUT2D eigenvalue weighted by atomic mass is 9.85. The van der Waals surface area contributed by atoms with E-state index in [4.69, 9.17) is 11.6 Å². The van der Waals surface area contributed by atoms with E-state index in [0.29, 0.717) is 5.56 Å². The topological polar surface area (TPSA) is 37.3 Å². The normalized spacial score (nSPS) is 18.2. The van der Waals surface area contributed by atoms with Gasteiger partial charge in [-0.1, -0.05) is 30.5 Å². The molecule has 2 rings (SSSR count). The fraction of sp³-hybridized carbons (Fsp3) is 0.462. The van der Waals surface area contributed by atoms with E-state index in [1.165, 1.54) is 18.2 Å². The third-order valence-electron chi connectivity index (χ3n) is 3.44. The molecule has 0 heterocycles. The zero-order valence-electron chi connectivity index (χ0n) is 9.33. The van der Waals surface area contributed by atoms with E-state index in [1.54, 1.807) is 0 Å². The molecule has 92 valence electrons. The largest absolute Gasteiger partial charge is 0.481 e. The molecule has 1 unspecified atom stereocenters. The van der Waals surface area contributed by atoms with Gasteiger partial charge in [0, 0.05) is 0 Å². The molecule has 1 fully saturated rings. The minimum Gasteiger partial charge on any atom is -0.481 e. The van der Waals surface area contributed by atoms with Crippen molar-refractivity contribution in [1.82, 2.24) is 0 Å². The van der Waals surface area contributed by atoms with Crippen LogP contribution in [0, 0.1) is 11.7 Å². The molecule has 0 aromatic heterocycles. The predicted octanol–water partition coefficient (Wildman–Crippen LogP) is 3.84. The summed E-state index contributed by atoms with van der Waals surface area (Å²) in [5.74, 6) is -1.77. The zero-order valence-corrected chi connectivity index (χ0v) is 10.1. The molecule has 0 bridgehead atoms. The summed E-state index contributed by atoms with van der Waals surface area (Å²) >= 11 is 5.70. The van der Waals surface area contributed by atoms with Gasteiger partial charge in [-0.2, -0.15) is 0 Å². The molecule has 0 spiro atoms. The number of hydrogen-bond acceptors (Lipinski definition) is 1. The van der Waals surface area contributed by atoms with E-state index in [9.17, 15) is 14.3 Å². The third-order valence-corrected chi connectivity index (χ3v) is 3.73. The summed E-state index contributed by atoms with van der Waals surface area (Å²) in [6.07, 6.45) is 3.99. The number of carboxylic acid groups (broad SMARTS) is 1. The molecule has 17 heavy (non-hydrogen) atoms. The summed E-state index contributed by atoms with van der Waals surface area (Å²) < 4.78 is 13.1. The van der Waals surface area contributed by atoms with Crippen LogP contribution in [0.3, 0.4) is 0 Å². The first-order chi connectivity index (χ1) is 8.09. The minimum absolute atomic E-state index is 0.00764. The van der Waals surface area contributed by atoms with E-state index >= 15 is 0 Å². The molecule has 1 atom stereocenters. The molecule has 0 amide bonds. The van der Waals surface area contributed by atoms with Crippen molar-refractivity contribution in [2.24, 2.45) is 5.92 Å². The lowest BCUT2D eigenvalue weighted by Crippen LogP contribution is -2.19. The number of carbonyl (C=O) groups is 1. The predicted molar refractivity (Wildman–Crippen MR) is 63.7 cm³/mol. The first-order valence-electron chi connectivity index (χ1n) is 5.77. The molecule has 1 aromatic rings. The SMILES string of the molecule is O=C(O)C(c1ccc(F)c(Cl)c1)C1CCCC1. The van der Waals surface area contributed by atoms with Crippen LogP contribution in [0.25, 0.3) is 0 Å². The second kappa shape index (κ2) is 5.05. The van der Waals surface area contributed by atoms with Gasteiger partial charge in [-0.25, -0.2) is 4.39 Å². The highest BCUT2D eigenvalue weighted by atomic mass is 35.5. The molecule has 0 aliphatic heterocycles. The van der Waals surface area contributed by atoms with E-state index in [-0.39, 0.29) is 10.9 Å². The molecule has 1 aromatic carbocycles. The second-order valence-corrected chi connectivity index (χ2v) is 4.94. The van der Waals surface area contributed by atoms with E-state index in [2.05, 4.69) is 0 Å². The average Bonchev–Trinajstić information content (AvgIpc) is 2.76. The van der Waals surface area contributed by atoms with E-state index in [0.717, 1.165) is 25.7 Å². The molecule has 2 nitrogen and oxygen atoms in total. The van der Waals surface area contributed by atoms with E-state index in [1.807, 2.05) is 0 Å². The van der Waals surface area contributed by atoms with Gasteiger partial charge in [0.25, 0.3) is 0 Å². The van der Waals surface area contributed by atoms with Crippen molar-refractivity contribution in [2.45, 2.75) is 31.6 Å². The Morgan fingerprint density at radius 3 is 2.59 bits per heavy atom. The third kappa shape index (κ3) is 2.60. The molecule has 1 aliphatic rings. The zero-order chi connectivity index (χ0) is 12.4. The number of rotatable bonds is 3. The van der Waals surface area contributed by atoms with Gasteiger partial charge in [0.05, 0.1) is 10.9 Å². The lowest BCUT2D eigenvalue weighted by Gasteiger charge is -2.19. The van der Waals surface area contributed by atoms with Gasteiger partial charge < -0.3 is 5.11 Å². The van der Waals surface area contributed by atoms with Crippen LogP contribution in [0.2, 0.25) is 5.02 Å². The molecule has 1 aliphatic carbocycles. The van der Waals surface area contributed by atoms with Crippen LogP contribution in [0.1, 0.15) is 37.2 Å². The van der Waals surface area contributed by atoms with Gasteiger partial charge in [-0.05, 0) is 36.5 Å². The Labute approximate surface area is 104 Å². The second-order valence-electron chi connectivity index (χ2n) is 4.53. The van der Waals surface area contributed by atoms with Crippen LogP contribution >= 0.6 is 11.6 Å². The average molecular weight is 257 g/mol. The van der Waals surface area contributed by atoms with Gasteiger partial charge >= 0.3 is 5.97 Å². The van der Waals surface area contributed by atoms with E-state index < -0.39 is 17.7 Å². The molecular weight excluding hydrogens is 243 g/mol. The van der Waals surface area contributed by atoms with Crippen molar-refractivity contribution in [1.29, 1.82) is 0 Å². The number of benzene rings is 1. The summed E-state index contributed by atoms with van der Waals surface area (Å²) in [4.78, 5) is 11.3. The number of aliphatic carboxylic acids is 1. The maximum absolute atomic E-state index is 13.1. The standard InChI is InChI=1S/C13H14ClFO2/c14-10-7-9(5-6-11(10)15)12(13(16)17)8-3-1-2-4-8/h5-8,12H,1-4H2,(H,16,17). The van der Waals surface area contributed by atoms with Crippen molar-refractivity contribution in [3.05, 3.63) is 34.6 Å². The molecule has 1 saturated carbocycles. The quantitative estimate of drug-likeness (QED) is 0.892. The lowest BCUT2D eigenvalue weighted by molar-refractivity contribution is -0.140. The summed E-state index contributed by atoms with van der Waals surface area (Å²) in [6.45, 7) is 0. The van der Waals surface area contributed by atoms with Crippen LogP contribution in [-0.4, -0.2) is 11.1 Å². The summed E-state index contributed by atoms with van der Waals surface area (Å²) in [5.41, 5.74) is 0.607. The fourth-order valence-electron chi connectivity index (χ4n) is 2.61. The number of halogens is 2. The highest BCUT2D eigenvalue weighted by molar-refractivity contribution is 6.30. The van der Waals surface area contributed by atoms with Crippen molar-refractivity contribution in [3.8, 4) is 0 Å². The van der Waals surface area contributed by atoms with Gasteiger partial charge in [0.1, 0.15) is 5.82 Å². The van der Waals surface area contributed by atoms with Crippen LogP contribution in [0.15, 0.2) is 18.2 Å². The monoisotopic (exact) mass is 256 g/mol. The molecular formula is C13H14ClFO2. The van der Waals surface area contributed by atoms with Gasteiger partial charge in [-0.15, -0.1) is 0 Å². The Kier molecular flexibility index (Phi) is 3.67. The van der Waals surface area contributed by atoms with Crippen LogP contribution in [0.4, 0.5) is 4.39 Å². The van der Waals surface area contributed by atoms with Crippen molar-refractivity contribution in [2.75, 3.05) is 0 Å². The Morgan fingerprint density at radius 2 is 2.06 bits per heavy atom. The molecule has 1 N–H and O–H groups in total. The van der Waals surface area contributed by atoms with Gasteiger partial charge in [-0.3, -0.25) is 4.79 Å². The highest BCUT2D eigenvalue weighted by Gasteiger charge is 2.32. The van der Waals surface area contributed by atoms with Crippen molar-refractivity contribution < 1.29 is 14.3 Å². The Morgan fingerprint density at radius 1 is 1.41 bits per heavy atom. The Bertz CT molecular complexity index is 427. The number of carboxylic acids is 1. The first kappa shape index (κ1) is 12.4. The fourth-order valence-corrected chi connectivity index (χ4v) is 2.80.